The Morgan fingerprint density at radius 2 is 1.75 bits per heavy atom. The molecule has 0 unspecified atom stereocenters. The van der Waals surface area contributed by atoms with Gasteiger partial charge in [-0.15, -0.1) is 0 Å². The molecule has 4 aromatic rings. The van der Waals surface area contributed by atoms with E-state index in [0.717, 1.165) is 12.1 Å². The van der Waals surface area contributed by atoms with Gasteiger partial charge in [0.15, 0.2) is 0 Å². The molecule has 32 heavy (non-hydrogen) atoms. The summed E-state index contributed by atoms with van der Waals surface area (Å²) in [4.78, 5) is 29.3. The lowest BCUT2D eigenvalue weighted by atomic mass is 9.98. The first-order valence-corrected chi connectivity index (χ1v) is 10.1. The molecule has 0 aliphatic carbocycles. The Hall–Kier alpha value is -3.46. The molecule has 162 valence electrons. The summed E-state index contributed by atoms with van der Waals surface area (Å²) in [5.41, 5.74) is 0.638. The molecule has 0 bridgehead atoms. The van der Waals surface area contributed by atoms with Crippen LogP contribution >= 0.6 is 15.9 Å². The summed E-state index contributed by atoms with van der Waals surface area (Å²) < 4.78 is 45.9. The lowest BCUT2D eigenvalue weighted by Gasteiger charge is -2.11. The number of hydrogen-bond acceptors (Lipinski definition) is 4. The summed E-state index contributed by atoms with van der Waals surface area (Å²) in [7, 11) is 0. The van der Waals surface area contributed by atoms with Crippen molar-refractivity contribution in [1.29, 1.82) is 0 Å². The number of halogens is 4. The molecule has 2 aromatic carbocycles. The number of carbonyl (C=O) groups excluding carboxylic acids is 1. The van der Waals surface area contributed by atoms with Gasteiger partial charge in [-0.2, -0.15) is 13.2 Å². The maximum absolute atomic E-state index is 12.8. The fraction of sp³-hybridized carbons (Fsp3) is 0.0870. The number of nitrogens with zero attached hydrogens (tertiary/aromatic N) is 2. The smallest absolute Gasteiger partial charge is 0.416 e. The number of rotatable bonds is 4. The number of esters is 1. The molecule has 5 nitrogen and oxygen atoms in total. The predicted molar refractivity (Wildman–Crippen MR) is 115 cm³/mol. The van der Waals surface area contributed by atoms with Crippen molar-refractivity contribution >= 4 is 27.5 Å². The van der Waals surface area contributed by atoms with Crippen LogP contribution in [-0.2, 0) is 17.5 Å². The number of hydrogen-bond donors (Lipinski definition) is 0. The Labute approximate surface area is 188 Å². The van der Waals surface area contributed by atoms with E-state index in [4.69, 9.17) is 4.74 Å². The van der Waals surface area contributed by atoms with Crippen molar-refractivity contribution < 1.29 is 22.7 Å². The second-order valence-electron chi connectivity index (χ2n) is 6.86. The van der Waals surface area contributed by atoms with Crippen LogP contribution in [0.2, 0.25) is 0 Å². The fourth-order valence-corrected chi connectivity index (χ4v) is 3.51. The van der Waals surface area contributed by atoms with Gasteiger partial charge in [0, 0.05) is 16.7 Å². The van der Waals surface area contributed by atoms with Crippen LogP contribution in [-0.4, -0.2) is 15.4 Å². The van der Waals surface area contributed by atoms with Crippen molar-refractivity contribution in [1.82, 2.24) is 9.38 Å². The van der Waals surface area contributed by atoms with E-state index < -0.39 is 17.7 Å². The number of carbonyl (C=O) groups is 1. The molecule has 0 N–H and O–H groups in total. The highest BCUT2D eigenvalue weighted by molar-refractivity contribution is 9.10. The van der Waals surface area contributed by atoms with Crippen molar-refractivity contribution in [3.8, 4) is 11.1 Å². The SMILES string of the molecule is O=C(OCc1cc(=O)n2cc(Br)ccc2n1)c1ccccc1-c1ccc(C(F)(F)F)cc1. The summed E-state index contributed by atoms with van der Waals surface area (Å²) >= 11 is 3.29. The van der Waals surface area contributed by atoms with Gasteiger partial charge in [-0.1, -0.05) is 30.3 Å². The number of alkyl halides is 3. The zero-order valence-electron chi connectivity index (χ0n) is 16.3. The maximum Gasteiger partial charge on any atom is 0.416 e. The van der Waals surface area contributed by atoms with E-state index in [1.165, 1.54) is 28.7 Å². The van der Waals surface area contributed by atoms with Gasteiger partial charge in [0.1, 0.15) is 12.3 Å². The highest BCUT2D eigenvalue weighted by Gasteiger charge is 2.30. The van der Waals surface area contributed by atoms with Crippen molar-refractivity contribution in [2.24, 2.45) is 0 Å². The molecule has 2 aromatic heterocycles. The first-order chi connectivity index (χ1) is 15.2. The molecule has 0 spiro atoms. The zero-order valence-corrected chi connectivity index (χ0v) is 17.9. The Bertz CT molecular complexity index is 1370. The normalized spacial score (nSPS) is 11.5. The van der Waals surface area contributed by atoms with Gasteiger partial charge in [0.05, 0.1) is 16.8 Å². The third kappa shape index (κ3) is 4.57. The second kappa shape index (κ2) is 8.58. The summed E-state index contributed by atoms with van der Waals surface area (Å²) in [6.45, 7) is -0.234. The monoisotopic (exact) mass is 502 g/mol. The molecule has 2 heterocycles. The van der Waals surface area contributed by atoms with E-state index >= 15 is 0 Å². The van der Waals surface area contributed by atoms with Crippen LogP contribution in [0.25, 0.3) is 16.8 Å². The van der Waals surface area contributed by atoms with Crippen LogP contribution in [0.15, 0.2) is 82.2 Å². The first kappa shape index (κ1) is 21.8. The number of aromatic nitrogens is 2. The van der Waals surface area contributed by atoms with Crippen LogP contribution in [0, 0.1) is 0 Å². The highest BCUT2D eigenvalue weighted by Crippen LogP contribution is 2.32. The highest BCUT2D eigenvalue weighted by atomic mass is 79.9. The lowest BCUT2D eigenvalue weighted by molar-refractivity contribution is -0.137. The third-order valence-electron chi connectivity index (χ3n) is 4.70. The standard InChI is InChI=1S/C23H14BrF3N2O3/c24-16-9-10-20-28-17(11-21(30)29(20)12-16)13-32-22(31)19-4-2-1-3-18(19)14-5-7-15(8-6-14)23(25,26)27/h1-12H,13H2. The van der Waals surface area contributed by atoms with Gasteiger partial charge in [0.2, 0.25) is 0 Å². The van der Waals surface area contributed by atoms with Gasteiger partial charge in [-0.3, -0.25) is 9.20 Å². The summed E-state index contributed by atoms with van der Waals surface area (Å²) in [6, 6.07) is 15.6. The van der Waals surface area contributed by atoms with Crippen LogP contribution < -0.4 is 5.56 Å². The van der Waals surface area contributed by atoms with Crippen LogP contribution in [0.1, 0.15) is 21.6 Å². The van der Waals surface area contributed by atoms with Crippen molar-refractivity contribution in [3.63, 3.8) is 0 Å². The second-order valence-corrected chi connectivity index (χ2v) is 7.77. The quantitative estimate of drug-likeness (QED) is 0.345. The van der Waals surface area contributed by atoms with E-state index in [0.29, 0.717) is 21.2 Å². The molecule has 0 atom stereocenters. The molecule has 0 amide bonds. The zero-order chi connectivity index (χ0) is 22.9. The Kier molecular flexibility index (Phi) is 5.84. The molecule has 0 aliphatic heterocycles. The van der Waals surface area contributed by atoms with Gasteiger partial charge >= 0.3 is 12.1 Å². The summed E-state index contributed by atoms with van der Waals surface area (Å²) in [5.74, 6) is -0.682. The molecule has 0 fully saturated rings. The summed E-state index contributed by atoms with van der Waals surface area (Å²) in [6.07, 6.45) is -2.86. The molecular formula is C23H14BrF3N2O3. The average Bonchev–Trinajstić information content (AvgIpc) is 2.77. The molecule has 0 radical (unpaired) electrons. The minimum absolute atomic E-state index is 0.189. The molecule has 0 aliphatic rings. The van der Waals surface area contributed by atoms with Gasteiger partial charge in [0.25, 0.3) is 5.56 Å². The van der Waals surface area contributed by atoms with Crippen molar-refractivity contribution in [2.45, 2.75) is 12.8 Å². The van der Waals surface area contributed by atoms with E-state index in [9.17, 15) is 22.8 Å². The molecule has 9 heteroatoms. The Morgan fingerprint density at radius 1 is 1.03 bits per heavy atom. The summed E-state index contributed by atoms with van der Waals surface area (Å²) in [5, 5.41) is 0. The van der Waals surface area contributed by atoms with E-state index in [1.54, 1.807) is 36.5 Å². The van der Waals surface area contributed by atoms with Crippen molar-refractivity contribution in [3.05, 3.63) is 105 Å². The lowest BCUT2D eigenvalue weighted by Crippen LogP contribution is -2.16. The predicted octanol–water partition coefficient (Wildman–Crippen LogP) is 5.50. The largest absolute Gasteiger partial charge is 0.456 e. The molecule has 0 saturated carbocycles. The minimum atomic E-state index is -4.45. The Morgan fingerprint density at radius 3 is 2.47 bits per heavy atom. The Balaban J connectivity index is 1.57. The molecule has 0 saturated heterocycles. The number of benzene rings is 2. The first-order valence-electron chi connectivity index (χ1n) is 9.34. The average molecular weight is 503 g/mol. The van der Waals surface area contributed by atoms with E-state index in [2.05, 4.69) is 20.9 Å². The molecular weight excluding hydrogens is 489 g/mol. The van der Waals surface area contributed by atoms with Gasteiger partial charge in [-0.05, 0) is 57.4 Å². The number of pyridine rings is 1. The van der Waals surface area contributed by atoms with Crippen LogP contribution in [0.3, 0.4) is 0 Å². The van der Waals surface area contributed by atoms with Crippen LogP contribution in [0.5, 0.6) is 0 Å². The maximum atomic E-state index is 12.8. The van der Waals surface area contributed by atoms with Crippen molar-refractivity contribution in [2.75, 3.05) is 0 Å². The van der Waals surface area contributed by atoms with Crippen LogP contribution in [0.4, 0.5) is 13.2 Å². The fourth-order valence-electron chi connectivity index (χ4n) is 3.17. The topological polar surface area (TPSA) is 60.7 Å². The van der Waals surface area contributed by atoms with Gasteiger partial charge in [-0.25, -0.2) is 9.78 Å². The van der Waals surface area contributed by atoms with Gasteiger partial charge < -0.3 is 4.74 Å². The number of ether oxygens (including phenoxy) is 1. The van der Waals surface area contributed by atoms with E-state index in [1.807, 2.05) is 0 Å². The third-order valence-corrected chi connectivity index (χ3v) is 5.17. The van der Waals surface area contributed by atoms with E-state index in [-0.39, 0.29) is 23.4 Å². The molecule has 4 rings (SSSR count). The minimum Gasteiger partial charge on any atom is -0.456 e. The number of fused-ring (bicyclic) bond motifs is 1.